The fourth-order valence-electron chi connectivity index (χ4n) is 3.62. The summed E-state index contributed by atoms with van der Waals surface area (Å²) >= 11 is 0.875. The number of hydrogen-bond acceptors (Lipinski definition) is 7. The van der Waals surface area contributed by atoms with Crippen molar-refractivity contribution in [2.45, 2.75) is 20.8 Å². The van der Waals surface area contributed by atoms with Gasteiger partial charge in [-0.3, -0.25) is 14.5 Å². The van der Waals surface area contributed by atoms with Crippen LogP contribution in [0.4, 0.5) is 4.79 Å². The maximum absolute atomic E-state index is 12.9. The number of benzene rings is 3. The second-order valence-electron chi connectivity index (χ2n) is 8.39. The fraction of sp³-hybridized carbons (Fsp3) is 0.207. The van der Waals surface area contributed by atoms with Crippen LogP contribution in [0, 0.1) is 13.8 Å². The van der Waals surface area contributed by atoms with E-state index in [2.05, 4.69) is 0 Å². The monoisotopic (exact) mass is 517 g/mol. The second kappa shape index (κ2) is 11.8. The van der Waals surface area contributed by atoms with Crippen molar-refractivity contribution in [3.8, 4) is 17.2 Å². The first-order chi connectivity index (χ1) is 17.8. The van der Waals surface area contributed by atoms with Crippen LogP contribution in [0.3, 0.4) is 0 Å². The Hall–Kier alpha value is -4.04. The van der Waals surface area contributed by atoms with E-state index in [4.69, 9.17) is 14.2 Å². The minimum Gasteiger partial charge on any atom is -0.492 e. The van der Waals surface area contributed by atoms with Gasteiger partial charge in [-0.25, -0.2) is 4.79 Å². The Labute approximate surface area is 220 Å². The summed E-state index contributed by atoms with van der Waals surface area (Å²) in [7, 11) is 0. The molecule has 8 heteroatoms. The number of carbonyl (C=O) groups excluding carboxylic acids is 3. The van der Waals surface area contributed by atoms with Crippen LogP contribution < -0.4 is 14.2 Å². The minimum absolute atomic E-state index is 0.147. The molecule has 190 valence electrons. The van der Waals surface area contributed by atoms with Gasteiger partial charge in [0.05, 0.1) is 23.6 Å². The van der Waals surface area contributed by atoms with E-state index in [1.807, 2.05) is 57.2 Å². The number of imide groups is 1. The van der Waals surface area contributed by atoms with Gasteiger partial charge in [0, 0.05) is 0 Å². The summed E-state index contributed by atoms with van der Waals surface area (Å²) in [5, 5.41) is -0.349. The molecule has 0 N–H and O–H groups in total. The van der Waals surface area contributed by atoms with Gasteiger partial charge in [-0.05, 0) is 86.1 Å². The molecule has 0 aliphatic carbocycles. The fourth-order valence-corrected chi connectivity index (χ4v) is 4.48. The number of aryl methyl sites for hydroxylation is 2. The molecule has 0 bridgehead atoms. The molecular weight excluding hydrogens is 490 g/mol. The zero-order chi connectivity index (χ0) is 26.4. The van der Waals surface area contributed by atoms with Crippen molar-refractivity contribution in [2.75, 3.05) is 19.8 Å². The summed E-state index contributed by atoms with van der Waals surface area (Å²) < 4.78 is 16.9. The predicted molar refractivity (Wildman–Crippen MR) is 143 cm³/mol. The highest BCUT2D eigenvalue weighted by atomic mass is 32.2. The van der Waals surface area contributed by atoms with Crippen LogP contribution >= 0.6 is 11.8 Å². The Bertz CT molecular complexity index is 1350. The number of ether oxygens (including phenoxy) is 3. The van der Waals surface area contributed by atoms with Crippen LogP contribution in [0.25, 0.3) is 6.08 Å². The molecule has 3 aromatic rings. The number of thioether (sulfide) groups is 1. The minimum atomic E-state index is -0.497. The highest BCUT2D eigenvalue weighted by molar-refractivity contribution is 8.18. The number of rotatable bonds is 9. The first-order valence-electron chi connectivity index (χ1n) is 11.8. The quantitative estimate of drug-likeness (QED) is 0.195. The zero-order valence-electron chi connectivity index (χ0n) is 20.9. The number of carbonyl (C=O) groups is 3. The van der Waals surface area contributed by atoms with Crippen LogP contribution in [0.5, 0.6) is 17.2 Å². The summed E-state index contributed by atoms with van der Waals surface area (Å²) in [5.74, 6) is 0.445. The van der Waals surface area contributed by atoms with Gasteiger partial charge in [-0.2, -0.15) is 0 Å². The molecular formula is C29H27NO6S. The van der Waals surface area contributed by atoms with E-state index in [-0.39, 0.29) is 30.0 Å². The summed E-state index contributed by atoms with van der Waals surface area (Å²) in [6.45, 7) is 6.43. The maximum atomic E-state index is 12.9. The average Bonchev–Trinajstić information content (AvgIpc) is 3.13. The van der Waals surface area contributed by atoms with Crippen LogP contribution in [-0.2, 0) is 4.79 Å². The molecule has 3 aromatic carbocycles. The summed E-state index contributed by atoms with van der Waals surface area (Å²) in [6, 6.07) is 19.7. The Morgan fingerprint density at radius 1 is 0.919 bits per heavy atom. The van der Waals surface area contributed by atoms with Gasteiger partial charge in [0.2, 0.25) is 0 Å². The molecule has 0 saturated carbocycles. The summed E-state index contributed by atoms with van der Waals surface area (Å²) in [5.41, 5.74) is 3.17. The van der Waals surface area contributed by atoms with Crippen LogP contribution in [0.1, 0.15) is 34.0 Å². The van der Waals surface area contributed by atoms with Gasteiger partial charge in [0.1, 0.15) is 12.4 Å². The van der Waals surface area contributed by atoms with Crippen molar-refractivity contribution in [1.82, 2.24) is 4.90 Å². The van der Waals surface area contributed by atoms with E-state index < -0.39 is 5.97 Å². The molecule has 4 rings (SSSR count). The van der Waals surface area contributed by atoms with E-state index in [1.54, 1.807) is 36.4 Å². The largest absolute Gasteiger partial charge is 0.492 e. The van der Waals surface area contributed by atoms with Gasteiger partial charge in [-0.1, -0.05) is 35.9 Å². The van der Waals surface area contributed by atoms with E-state index in [0.717, 1.165) is 22.9 Å². The van der Waals surface area contributed by atoms with Crippen molar-refractivity contribution in [3.05, 3.63) is 93.9 Å². The van der Waals surface area contributed by atoms with Crippen molar-refractivity contribution in [2.24, 2.45) is 0 Å². The lowest BCUT2D eigenvalue weighted by atomic mass is 10.1. The molecule has 0 atom stereocenters. The third-order valence-corrected chi connectivity index (χ3v) is 6.41. The lowest BCUT2D eigenvalue weighted by molar-refractivity contribution is -0.123. The Kier molecular flexibility index (Phi) is 8.30. The summed E-state index contributed by atoms with van der Waals surface area (Å²) in [4.78, 5) is 39.4. The lowest BCUT2D eigenvalue weighted by Crippen LogP contribution is -2.32. The topological polar surface area (TPSA) is 82.1 Å². The molecule has 37 heavy (non-hydrogen) atoms. The van der Waals surface area contributed by atoms with Gasteiger partial charge in [-0.15, -0.1) is 0 Å². The van der Waals surface area contributed by atoms with Crippen LogP contribution in [0.15, 0.2) is 71.6 Å². The zero-order valence-corrected chi connectivity index (χ0v) is 21.7. The third-order valence-electron chi connectivity index (χ3n) is 5.50. The summed E-state index contributed by atoms with van der Waals surface area (Å²) in [6.07, 6.45) is 1.63. The standard InChI is InChI=1S/C29H27NO6S/c1-4-34-25-17-21(10-13-24(25)36-28(32)22-11-8-19(2)9-12-22)18-26-27(31)30(29(33)37-26)14-15-35-23-7-5-6-20(3)16-23/h5-13,16-18H,4,14-15H2,1-3H3/b26-18-. The number of nitrogens with zero attached hydrogens (tertiary/aromatic N) is 1. The lowest BCUT2D eigenvalue weighted by Gasteiger charge is -2.13. The predicted octanol–water partition coefficient (Wildman–Crippen LogP) is 6.04. The van der Waals surface area contributed by atoms with Crippen molar-refractivity contribution in [1.29, 1.82) is 0 Å². The highest BCUT2D eigenvalue weighted by Gasteiger charge is 2.34. The van der Waals surface area contributed by atoms with Gasteiger partial charge in [0.15, 0.2) is 11.5 Å². The Balaban J connectivity index is 1.44. The van der Waals surface area contributed by atoms with Gasteiger partial charge < -0.3 is 14.2 Å². The first-order valence-corrected chi connectivity index (χ1v) is 12.7. The Morgan fingerprint density at radius 2 is 1.70 bits per heavy atom. The molecule has 0 aromatic heterocycles. The van der Waals surface area contributed by atoms with Gasteiger partial charge >= 0.3 is 5.97 Å². The Morgan fingerprint density at radius 3 is 2.43 bits per heavy atom. The SMILES string of the molecule is CCOc1cc(/C=C2\SC(=O)N(CCOc3cccc(C)c3)C2=O)ccc1OC(=O)c1ccc(C)cc1. The number of amides is 2. The maximum Gasteiger partial charge on any atom is 0.343 e. The van der Waals surface area contributed by atoms with Crippen molar-refractivity contribution in [3.63, 3.8) is 0 Å². The molecule has 1 heterocycles. The molecule has 0 radical (unpaired) electrons. The van der Waals surface area contributed by atoms with E-state index in [1.165, 1.54) is 4.90 Å². The van der Waals surface area contributed by atoms with Gasteiger partial charge in [0.25, 0.3) is 11.1 Å². The average molecular weight is 518 g/mol. The second-order valence-corrected chi connectivity index (χ2v) is 9.39. The molecule has 0 unspecified atom stereocenters. The smallest absolute Gasteiger partial charge is 0.343 e. The van der Waals surface area contributed by atoms with E-state index in [0.29, 0.717) is 34.1 Å². The first kappa shape index (κ1) is 26.0. The van der Waals surface area contributed by atoms with E-state index >= 15 is 0 Å². The number of esters is 1. The number of hydrogen-bond donors (Lipinski definition) is 0. The highest BCUT2D eigenvalue weighted by Crippen LogP contribution is 2.35. The molecule has 1 saturated heterocycles. The van der Waals surface area contributed by atoms with Crippen molar-refractivity contribution < 1.29 is 28.6 Å². The van der Waals surface area contributed by atoms with Crippen molar-refractivity contribution >= 4 is 35.0 Å². The molecule has 1 fully saturated rings. The molecule has 2 amide bonds. The third kappa shape index (κ3) is 6.59. The van der Waals surface area contributed by atoms with E-state index in [9.17, 15) is 14.4 Å². The van der Waals surface area contributed by atoms with Crippen LogP contribution in [-0.4, -0.2) is 41.8 Å². The molecule has 1 aliphatic heterocycles. The normalized spacial score (nSPS) is 14.2. The molecule has 1 aliphatic rings. The molecule has 0 spiro atoms. The molecule has 7 nitrogen and oxygen atoms in total. The van der Waals surface area contributed by atoms with Crippen LogP contribution in [0.2, 0.25) is 0 Å².